The van der Waals surface area contributed by atoms with Crippen molar-refractivity contribution in [3.63, 3.8) is 0 Å². The van der Waals surface area contributed by atoms with Crippen LogP contribution in [0.15, 0.2) is 66.0 Å². The number of nitrogens with zero attached hydrogens (tertiary/aromatic N) is 5. The number of aromatic hydroxyl groups is 2. The van der Waals surface area contributed by atoms with Gasteiger partial charge in [0.1, 0.15) is 34.0 Å². The number of carboxylic acid groups (broad SMARTS) is 2. The highest BCUT2D eigenvalue weighted by Crippen LogP contribution is 2.27. The van der Waals surface area contributed by atoms with Crippen molar-refractivity contribution in [1.82, 2.24) is 25.3 Å². The van der Waals surface area contributed by atoms with Crippen molar-refractivity contribution in [2.75, 3.05) is 5.32 Å². The van der Waals surface area contributed by atoms with Gasteiger partial charge in [-0.2, -0.15) is 5.11 Å². The van der Waals surface area contributed by atoms with Crippen LogP contribution in [-0.4, -0.2) is 64.3 Å². The molecule has 15 heteroatoms. The molecule has 1 aliphatic carbocycles. The Labute approximate surface area is 242 Å². The third-order valence-electron chi connectivity index (χ3n) is 6.75. The predicted octanol–water partition coefficient (Wildman–Crippen LogP) is 3.86. The standard InChI is InChI=1S/C28H24N8O7/c29-33-22(12-30-16-4-6-18(27(40)41)24(37)10-16)20-8-14(26(39)31-15-2-1-3-15)9-21(32-20)23-13-36(35-34-23)17-5-7-19(28(42)43)25(38)11-17/h4-13,15,29-30,37-38H,1-3H2,(H,31,39)(H,40,41)(H,42,43)/b22-12-,33-29?. The number of anilines is 1. The molecular formula is C28H24N8O7. The molecular weight excluding hydrogens is 560 g/mol. The van der Waals surface area contributed by atoms with Gasteiger partial charge in [0, 0.05) is 35.6 Å². The van der Waals surface area contributed by atoms with E-state index in [4.69, 9.17) is 15.7 Å². The molecule has 0 radical (unpaired) electrons. The van der Waals surface area contributed by atoms with Crippen molar-refractivity contribution < 1.29 is 34.8 Å². The first-order valence-electron chi connectivity index (χ1n) is 12.9. The Morgan fingerprint density at radius 3 is 2.26 bits per heavy atom. The van der Waals surface area contributed by atoms with Gasteiger partial charge in [0.25, 0.3) is 5.91 Å². The van der Waals surface area contributed by atoms with Gasteiger partial charge in [-0.25, -0.2) is 24.8 Å². The Balaban J connectivity index is 1.50. The molecule has 7 N–H and O–H groups in total. The third kappa shape index (κ3) is 6.14. The average Bonchev–Trinajstić information content (AvgIpc) is 3.45. The van der Waals surface area contributed by atoms with Crippen molar-refractivity contribution in [1.29, 1.82) is 5.53 Å². The first-order valence-corrected chi connectivity index (χ1v) is 12.9. The fourth-order valence-corrected chi connectivity index (χ4v) is 4.21. The number of rotatable bonds is 10. The van der Waals surface area contributed by atoms with Gasteiger partial charge in [-0.15, -0.1) is 5.10 Å². The van der Waals surface area contributed by atoms with E-state index >= 15 is 0 Å². The maximum Gasteiger partial charge on any atom is 0.339 e. The van der Waals surface area contributed by atoms with Crippen LogP contribution < -0.4 is 10.6 Å². The molecule has 1 saturated carbocycles. The van der Waals surface area contributed by atoms with Gasteiger partial charge in [0.05, 0.1) is 23.3 Å². The molecule has 2 aromatic heterocycles. The van der Waals surface area contributed by atoms with E-state index in [9.17, 15) is 24.6 Å². The molecule has 1 fully saturated rings. The number of pyridine rings is 1. The van der Waals surface area contributed by atoms with Gasteiger partial charge in [-0.05, 0) is 55.7 Å². The van der Waals surface area contributed by atoms with Gasteiger partial charge in [0.2, 0.25) is 0 Å². The zero-order chi connectivity index (χ0) is 30.7. The molecule has 0 spiro atoms. The fraction of sp³-hybridized carbons (Fsp3) is 0.143. The van der Waals surface area contributed by atoms with Crippen molar-refractivity contribution >= 4 is 29.2 Å². The highest BCUT2D eigenvalue weighted by atomic mass is 16.4. The lowest BCUT2D eigenvalue weighted by Gasteiger charge is -2.26. The number of hydrogen-bond acceptors (Lipinski definition) is 11. The molecule has 0 aliphatic heterocycles. The molecule has 0 bridgehead atoms. The highest BCUT2D eigenvalue weighted by Gasteiger charge is 2.22. The van der Waals surface area contributed by atoms with Crippen molar-refractivity contribution in [2.24, 2.45) is 5.11 Å². The minimum absolute atomic E-state index is 0.00270. The summed E-state index contributed by atoms with van der Waals surface area (Å²) >= 11 is 0. The van der Waals surface area contributed by atoms with Crippen molar-refractivity contribution in [3.05, 3.63) is 83.3 Å². The third-order valence-corrected chi connectivity index (χ3v) is 6.75. The summed E-state index contributed by atoms with van der Waals surface area (Å²) in [5, 5.41) is 55.8. The Hall–Kier alpha value is -6.12. The van der Waals surface area contributed by atoms with Crippen LogP contribution in [0.4, 0.5) is 5.69 Å². The molecule has 5 rings (SSSR count). The lowest BCUT2D eigenvalue weighted by atomic mass is 9.93. The molecule has 2 aromatic carbocycles. The summed E-state index contributed by atoms with van der Waals surface area (Å²) in [6, 6.07) is 10.7. The minimum Gasteiger partial charge on any atom is -0.507 e. The first-order chi connectivity index (χ1) is 20.6. The van der Waals surface area contributed by atoms with E-state index in [0.29, 0.717) is 11.4 Å². The van der Waals surface area contributed by atoms with E-state index in [1.807, 2.05) is 0 Å². The Bertz CT molecular complexity index is 1800. The van der Waals surface area contributed by atoms with E-state index in [2.05, 4.69) is 31.0 Å². The summed E-state index contributed by atoms with van der Waals surface area (Å²) in [5.41, 5.74) is 8.61. The second-order valence-electron chi connectivity index (χ2n) is 9.61. The van der Waals surface area contributed by atoms with Crippen LogP contribution in [0.2, 0.25) is 0 Å². The molecule has 4 aromatic rings. The number of hydrogen-bond donors (Lipinski definition) is 7. The van der Waals surface area contributed by atoms with Crippen LogP contribution in [0.3, 0.4) is 0 Å². The number of phenols is 2. The van der Waals surface area contributed by atoms with Crippen molar-refractivity contribution in [2.45, 2.75) is 25.3 Å². The highest BCUT2D eigenvalue weighted by molar-refractivity contribution is 5.96. The zero-order valence-electron chi connectivity index (χ0n) is 22.2. The monoisotopic (exact) mass is 584 g/mol. The van der Waals surface area contributed by atoms with E-state index in [0.717, 1.165) is 19.3 Å². The summed E-state index contributed by atoms with van der Waals surface area (Å²) in [6.45, 7) is 0. The molecule has 43 heavy (non-hydrogen) atoms. The molecule has 0 saturated heterocycles. The van der Waals surface area contributed by atoms with Crippen LogP contribution in [0.5, 0.6) is 11.5 Å². The number of carbonyl (C=O) groups is 3. The Kier molecular flexibility index (Phi) is 7.78. The number of aromatic nitrogens is 4. The van der Waals surface area contributed by atoms with Crippen LogP contribution in [0.25, 0.3) is 22.8 Å². The van der Waals surface area contributed by atoms with E-state index < -0.39 is 23.4 Å². The number of aromatic carboxylic acids is 2. The van der Waals surface area contributed by atoms with Crippen LogP contribution >= 0.6 is 0 Å². The van der Waals surface area contributed by atoms with Crippen molar-refractivity contribution in [3.8, 4) is 28.6 Å². The summed E-state index contributed by atoms with van der Waals surface area (Å²) < 4.78 is 1.30. The Morgan fingerprint density at radius 2 is 1.65 bits per heavy atom. The normalized spacial score (nSPS) is 13.2. The first kappa shape index (κ1) is 28.4. The number of carboxylic acids is 2. The fourth-order valence-electron chi connectivity index (χ4n) is 4.21. The van der Waals surface area contributed by atoms with Gasteiger partial charge in [-0.1, -0.05) is 5.21 Å². The average molecular weight is 585 g/mol. The number of carbonyl (C=O) groups excluding carboxylic acids is 1. The molecule has 1 amide bonds. The maximum atomic E-state index is 13.1. The van der Waals surface area contributed by atoms with Crippen LogP contribution in [-0.2, 0) is 0 Å². The lowest BCUT2D eigenvalue weighted by Crippen LogP contribution is -2.39. The SMILES string of the molecule is N=N/C(=C\Nc1ccc(C(=O)O)c(O)c1)c1cc(C(=O)NC2CCC2)cc(-c2cn(-c3ccc(C(=O)O)c(O)c3)nn2)n1. The van der Waals surface area contributed by atoms with E-state index in [-0.39, 0.29) is 51.4 Å². The van der Waals surface area contributed by atoms with Crippen LogP contribution in [0.1, 0.15) is 56.0 Å². The lowest BCUT2D eigenvalue weighted by molar-refractivity contribution is 0.0682. The number of benzene rings is 2. The summed E-state index contributed by atoms with van der Waals surface area (Å²) in [6.07, 6.45) is 5.53. The van der Waals surface area contributed by atoms with Gasteiger partial charge in [-0.3, -0.25) is 4.79 Å². The molecule has 1 aliphatic rings. The second kappa shape index (κ2) is 11.8. The van der Waals surface area contributed by atoms with Gasteiger partial charge >= 0.3 is 11.9 Å². The Morgan fingerprint density at radius 1 is 0.953 bits per heavy atom. The maximum absolute atomic E-state index is 13.1. The summed E-state index contributed by atoms with van der Waals surface area (Å²) in [7, 11) is 0. The molecule has 15 nitrogen and oxygen atoms in total. The second-order valence-corrected chi connectivity index (χ2v) is 9.61. The molecule has 0 atom stereocenters. The van der Waals surface area contributed by atoms with E-state index in [1.54, 1.807) is 0 Å². The molecule has 218 valence electrons. The predicted molar refractivity (Wildman–Crippen MR) is 150 cm³/mol. The summed E-state index contributed by atoms with van der Waals surface area (Å²) in [4.78, 5) is 40.0. The largest absolute Gasteiger partial charge is 0.507 e. The minimum atomic E-state index is -1.29. The number of nitrogens with one attached hydrogen (secondary N) is 3. The van der Waals surface area contributed by atoms with Gasteiger partial charge < -0.3 is 31.1 Å². The van der Waals surface area contributed by atoms with E-state index in [1.165, 1.54) is 65.6 Å². The topological polar surface area (TPSA) is 236 Å². The summed E-state index contributed by atoms with van der Waals surface area (Å²) in [5.74, 6) is -3.85. The molecule has 2 heterocycles. The number of amides is 1. The van der Waals surface area contributed by atoms with Gasteiger partial charge in [0.15, 0.2) is 0 Å². The zero-order valence-corrected chi connectivity index (χ0v) is 22.2. The quantitative estimate of drug-likeness (QED) is 0.132. The van der Waals surface area contributed by atoms with Crippen LogP contribution in [0, 0.1) is 5.53 Å². The smallest absolute Gasteiger partial charge is 0.339 e. The molecule has 0 unspecified atom stereocenters.